The first-order valence-electron chi connectivity index (χ1n) is 10.8. The van der Waals surface area contributed by atoms with E-state index < -0.39 is 5.97 Å². The van der Waals surface area contributed by atoms with Crippen LogP contribution in [0, 0.1) is 5.92 Å². The van der Waals surface area contributed by atoms with Crippen molar-refractivity contribution in [2.45, 2.75) is 51.7 Å². The molecule has 0 aromatic heterocycles. The molecule has 4 nitrogen and oxygen atoms in total. The molecule has 0 saturated heterocycles. The third-order valence-corrected chi connectivity index (χ3v) is 6.23. The molecule has 0 bridgehead atoms. The number of anilines is 1. The van der Waals surface area contributed by atoms with E-state index in [0.29, 0.717) is 24.3 Å². The van der Waals surface area contributed by atoms with E-state index in [1.54, 1.807) is 6.07 Å². The molecule has 2 N–H and O–H groups in total. The maximum Gasteiger partial charge on any atom is 0.339 e. The first-order valence-corrected chi connectivity index (χ1v) is 10.8. The fraction of sp³-hybridized carbons (Fsp3) is 0.346. The van der Waals surface area contributed by atoms with Gasteiger partial charge in [-0.15, -0.1) is 0 Å². The number of hydrogen-bond acceptors (Lipinski definition) is 3. The standard InChI is InChI=1S/C26H29NO3/c1-18(19-8-3-2-4-9-19)27-22-14-15-24(26(28)29)25(16-22)30-17-21-12-7-11-20-10-5-6-13-23(20)21/h5-7,10-16,18-19,27H,2-4,8-9,17H2,1H3,(H,28,29). The molecule has 3 aromatic rings. The number of carboxylic acid groups (broad SMARTS) is 1. The summed E-state index contributed by atoms with van der Waals surface area (Å²) in [7, 11) is 0. The van der Waals surface area contributed by atoms with Crippen LogP contribution in [-0.4, -0.2) is 17.1 Å². The van der Waals surface area contributed by atoms with E-state index in [-0.39, 0.29) is 5.56 Å². The van der Waals surface area contributed by atoms with Crippen molar-refractivity contribution in [1.29, 1.82) is 0 Å². The van der Waals surface area contributed by atoms with Crippen molar-refractivity contribution in [1.82, 2.24) is 0 Å². The van der Waals surface area contributed by atoms with Gasteiger partial charge in [0.05, 0.1) is 0 Å². The maximum atomic E-state index is 11.7. The Hall–Kier alpha value is -3.01. The predicted molar refractivity (Wildman–Crippen MR) is 121 cm³/mol. The SMILES string of the molecule is CC(Nc1ccc(C(=O)O)c(OCc2cccc3ccccc23)c1)C1CCCCC1. The van der Waals surface area contributed by atoms with E-state index in [0.717, 1.165) is 22.0 Å². The number of carbonyl (C=O) groups is 1. The summed E-state index contributed by atoms with van der Waals surface area (Å²) < 4.78 is 6.04. The van der Waals surface area contributed by atoms with Crippen molar-refractivity contribution in [2.75, 3.05) is 5.32 Å². The minimum absolute atomic E-state index is 0.186. The number of nitrogens with one attached hydrogen (secondary N) is 1. The van der Waals surface area contributed by atoms with Crippen LogP contribution in [0.3, 0.4) is 0 Å². The Kier molecular flexibility index (Phi) is 6.22. The first-order chi connectivity index (χ1) is 14.6. The molecule has 1 aliphatic rings. The van der Waals surface area contributed by atoms with Gasteiger partial charge in [-0.3, -0.25) is 0 Å². The molecule has 30 heavy (non-hydrogen) atoms. The van der Waals surface area contributed by atoms with Crippen LogP contribution in [0.1, 0.15) is 54.9 Å². The van der Waals surface area contributed by atoms with Crippen molar-refractivity contribution in [3.05, 3.63) is 71.8 Å². The van der Waals surface area contributed by atoms with E-state index in [1.165, 1.54) is 32.1 Å². The van der Waals surface area contributed by atoms with Crippen molar-refractivity contribution in [3.63, 3.8) is 0 Å². The van der Waals surface area contributed by atoms with Gasteiger partial charge in [-0.1, -0.05) is 61.7 Å². The number of rotatable bonds is 7. The first kappa shape index (κ1) is 20.3. The molecule has 3 aromatic carbocycles. The van der Waals surface area contributed by atoms with Crippen LogP contribution in [0.25, 0.3) is 10.8 Å². The van der Waals surface area contributed by atoms with Crippen LogP contribution in [0.2, 0.25) is 0 Å². The van der Waals surface area contributed by atoms with Gasteiger partial charge in [0, 0.05) is 17.8 Å². The molecule has 1 atom stereocenters. The van der Waals surface area contributed by atoms with Crippen molar-refractivity contribution in [3.8, 4) is 5.75 Å². The highest BCUT2D eigenvalue weighted by Gasteiger charge is 2.21. The van der Waals surface area contributed by atoms with Gasteiger partial charge in [0.2, 0.25) is 0 Å². The molecular weight excluding hydrogens is 374 g/mol. The van der Waals surface area contributed by atoms with Crippen LogP contribution < -0.4 is 10.1 Å². The lowest BCUT2D eigenvalue weighted by atomic mass is 9.84. The number of benzene rings is 3. The van der Waals surface area contributed by atoms with Crippen LogP contribution in [-0.2, 0) is 6.61 Å². The van der Waals surface area contributed by atoms with Gasteiger partial charge < -0.3 is 15.2 Å². The second-order valence-electron chi connectivity index (χ2n) is 8.27. The number of fused-ring (bicyclic) bond motifs is 1. The summed E-state index contributed by atoms with van der Waals surface area (Å²) in [5, 5.41) is 15.5. The molecule has 0 heterocycles. The largest absolute Gasteiger partial charge is 0.488 e. The molecule has 0 radical (unpaired) electrons. The molecule has 156 valence electrons. The molecule has 0 spiro atoms. The molecule has 1 unspecified atom stereocenters. The highest BCUT2D eigenvalue weighted by atomic mass is 16.5. The Bertz CT molecular complexity index is 1020. The molecule has 4 heteroatoms. The van der Waals surface area contributed by atoms with Gasteiger partial charge in [-0.25, -0.2) is 4.79 Å². The van der Waals surface area contributed by atoms with E-state index >= 15 is 0 Å². The summed E-state index contributed by atoms with van der Waals surface area (Å²) in [4.78, 5) is 11.7. The Morgan fingerprint density at radius 3 is 2.63 bits per heavy atom. The van der Waals surface area contributed by atoms with E-state index in [2.05, 4.69) is 30.4 Å². The number of carboxylic acids is 1. The van der Waals surface area contributed by atoms with Gasteiger partial charge in [-0.2, -0.15) is 0 Å². The fourth-order valence-electron chi connectivity index (χ4n) is 4.50. The smallest absolute Gasteiger partial charge is 0.339 e. The van der Waals surface area contributed by atoms with Crippen molar-refractivity contribution in [2.24, 2.45) is 5.92 Å². The third kappa shape index (κ3) is 4.59. The summed E-state index contributed by atoms with van der Waals surface area (Å²) >= 11 is 0. The van der Waals surface area contributed by atoms with E-state index in [4.69, 9.17) is 4.74 Å². The molecule has 1 saturated carbocycles. The van der Waals surface area contributed by atoms with Gasteiger partial charge >= 0.3 is 5.97 Å². The Morgan fingerprint density at radius 2 is 1.83 bits per heavy atom. The molecule has 1 fully saturated rings. The minimum atomic E-state index is -0.977. The second kappa shape index (κ2) is 9.21. The lowest BCUT2D eigenvalue weighted by Crippen LogP contribution is -2.27. The zero-order valence-electron chi connectivity index (χ0n) is 17.4. The van der Waals surface area contributed by atoms with Crippen molar-refractivity contribution >= 4 is 22.4 Å². The Balaban J connectivity index is 1.53. The summed E-state index contributed by atoms with van der Waals surface area (Å²) in [6.45, 7) is 2.54. The lowest BCUT2D eigenvalue weighted by Gasteiger charge is -2.29. The van der Waals surface area contributed by atoms with Gasteiger partial charge in [0.1, 0.15) is 17.9 Å². The van der Waals surface area contributed by atoms with Gasteiger partial charge in [0.15, 0.2) is 0 Å². The van der Waals surface area contributed by atoms with Crippen molar-refractivity contribution < 1.29 is 14.6 Å². The van der Waals surface area contributed by atoms with Crippen LogP contribution in [0.15, 0.2) is 60.7 Å². The summed E-state index contributed by atoms with van der Waals surface area (Å²) in [6.07, 6.45) is 6.45. The minimum Gasteiger partial charge on any atom is -0.488 e. The molecule has 0 aliphatic heterocycles. The Morgan fingerprint density at radius 1 is 1.07 bits per heavy atom. The van der Waals surface area contributed by atoms with Crippen LogP contribution in [0.4, 0.5) is 5.69 Å². The van der Waals surface area contributed by atoms with E-state index in [9.17, 15) is 9.90 Å². The molecular formula is C26H29NO3. The Labute approximate surface area is 177 Å². The van der Waals surface area contributed by atoms with Crippen LogP contribution in [0.5, 0.6) is 5.75 Å². The number of aromatic carboxylic acids is 1. The quantitative estimate of drug-likeness (QED) is 0.473. The molecule has 4 rings (SSSR count). The normalized spacial score (nSPS) is 15.6. The average Bonchev–Trinajstić information content (AvgIpc) is 2.78. The highest BCUT2D eigenvalue weighted by Crippen LogP contribution is 2.30. The number of ether oxygens (including phenoxy) is 1. The summed E-state index contributed by atoms with van der Waals surface area (Å²) in [5.74, 6) is 0.0871. The number of hydrogen-bond donors (Lipinski definition) is 2. The lowest BCUT2D eigenvalue weighted by molar-refractivity contribution is 0.0692. The topological polar surface area (TPSA) is 58.6 Å². The zero-order chi connectivity index (χ0) is 20.9. The monoisotopic (exact) mass is 403 g/mol. The summed E-state index contributed by atoms with van der Waals surface area (Å²) in [5.41, 5.74) is 2.13. The highest BCUT2D eigenvalue weighted by molar-refractivity contribution is 5.91. The summed E-state index contributed by atoms with van der Waals surface area (Å²) in [6, 6.07) is 19.9. The zero-order valence-corrected chi connectivity index (χ0v) is 17.4. The fourth-order valence-corrected chi connectivity index (χ4v) is 4.50. The third-order valence-electron chi connectivity index (χ3n) is 6.23. The second-order valence-corrected chi connectivity index (χ2v) is 8.27. The van der Waals surface area contributed by atoms with Gasteiger partial charge in [0.25, 0.3) is 0 Å². The maximum absolute atomic E-state index is 11.7. The van der Waals surface area contributed by atoms with Gasteiger partial charge in [-0.05, 0) is 54.2 Å². The van der Waals surface area contributed by atoms with Crippen LogP contribution >= 0.6 is 0 Å². The predicted octanol–water partition coefficient (Wildman–Crippen LogP) is 6.50. The average molecular weight is 404 g/mol. The molecule has 1 aliphatic carbocycles. The van der Waals surface area contributed by atoms with E-state index in [1.807, 2.05) is 36.4 Å². The molecule has 0 amide bonds.